The summed E-state index contributed by atoms with van der Waals surface area (Å²) in [6.45, 7) is 2.69. The van der Waals surface area contributed by atoms with E-state index in [-0.39, 0.29) is 45.6 Å². The number of aromatic hydroxyl groups is 3. The fourth-order valence-electron chi connectivity index (χ4n) is 10.7. The number of benzene rings is 5. The molecule has 0 spiro atoms. The number of rotatable bonds is 11. The molecule has 14 atom stereocenters. The highest BCUT2D eigenvalue weighted by atomic mass is 35.5. The van der Waals surface area contributed by atoms with Gasteiger partial charge >= 0.3 is 5.97 Å². The molecule has 91 heavy (non-hydrogen) atoms. The second-order valence-corrected chi connectivity index (χ2v) is 23.0. The van der Waals surface area contributed by atoms with E-state index in [1.165, 1.54) is 19.2 Å². The second-order valence-electron chi connectivity index (χ2n) is 22.2. The predicted molar refractivity (Wildman–Crippen MR) is 313 cm³/mol. The van der Waals surface area contributed by atoms with Crippen LogP contribution in [0.4, 0.5) is 0 Å². The van der Waals surface area contributed by atoms with Crippen LogP contribution in [0.2, 0.25) is 10.0 Å². The van der Waals surface area contributed by atoms with Crippen molar-refractivity contribution in [3.8, 4) is 57.1 Å². The Labute approximate surface area is 525 Å². The number of fused-ring (bicyclic) bond motifs is 15. The molecule has 1 unspecified atom stereocenters. The van der Waals surface area contributed by atoms with Crippen LogP contribution in [0, 0.1) is 5.92 Å². The summed E-state index contributed by atoms with van der Waals surface area (Å²) in [7, 11) is 1.47. The number of aliphatic carboxylic acids is 1. The van der Waals surface area contributed by atoms with Crippen molar-refractivity contribution in [2.24, 2.45) is 11.7 Å². The number of primary amides is 1. The minimum absolute atomic E-state index is 0.0825. The number of carbonyl (C=O) groups is 8. The van der Waals surface area contributed by atoms with Crippen LogP contribution < -0.4 is 57.2 Å². The third kappa shape index (κ3) is 14.0. The van der Waals surface area contributed by atoms with E-state index in [1.807, 2.05) is 13.8 Å². The molecule has 7 amide bonds. The van der Waals surface area contributed by atoms with Crippen molar-refractivity contribution >= 4 is 70.5 Å². The normalized spacial score (nSPS) is 26.2. The van der Waals surface area contributed by atoms with Crippen molar-refractivity contribution in [1.82, 2.24) is 37.2 Å². The van der Waals surface area contributed by atoms with E-state index < -0.39 is 207 Å². The number of hydrogen-bond donors (Lipinski definition) is 18. The number of carbonyl (C=O) groups excluding carboxylic acids is 7. The SMILES string of the molecule is CN[C@H](CC(C)C)C(=O)N[C@H]1C(=O)N[C@@H](CC(N)=O)C(=O)N[C@H]2C(=O)N[C@H]3C(=O)NC(C(=O)N[C@@H](C(=O)O)c4cc(O)cc(O)c4-c4cc3ccc4O)[C@H](O)c3ccc(c(Cl)c3)Oc3cc2cc(c3O[C@@H]2O[C@H](CO)[C@@H](O)[C@H](O)[C@H]2O)Oc2ccc(cc2Cl)[C@H]1O. The van der Waals surface area contributed by atoms with Crippen molar-refractivity contribution in [1.29, 1.82) is 0 Å². The number of phenolic OH excluding ortho intramolecular Hbond substituents is 3. The third-order valence-corrected chi connectivity index (χ3v) is 16.0. The number of likely N-dealkylation sites (N-methyl/N-ethyl adjacent to an activating group) is 1. The van der Waals surface area contributed by atoms with E-state index >= 15 is 14.4 Å². The summed E-state index contributed by atoms with van der Waals surface area (Å²) in [4.78, 5) is 115. The molecule has 0 radical (unpaired) electrons. The van der Waals surface area contributed by atoms with E-state index in [2.05, 4.69) is 37.2 Å². The molecule has 11 bridgehead atoms. The van der Waals surface area contributed by atoms with E-state index in [1.54, 1.807) is 0 Å². The number of ether oxygens (including phenoxy) is 4. The number of amides is 7. The lowest BCUT2D eigenvalue weighted by atomic mass is 9.89. The van der Waals surface area contributed by atoms with E-state index in [0.29, 0.717) is 0 Å². The molecule has 6 aliphatic rings. The minimum atomic E-state index is -2.31. The lowest BCUT2D eigenvalue weighted by molar-refractivity contribution is -0.277. The quantitative estimate of drug-likeness (QED) is 0.0819. The lowest BCUT2D eigenvalue weighted by Gasteiger charge is -2.39. The smallest absolute Gasteiger partial charge is 0.330 e. The van der Waals surface area contributed by atoms with Gasteiger partial charge in [-0.2, -0.15) is 0 Å². The first kappa shape index (κ1) is 66.3. The van der Waals surface area contributed by atoms with Crippen molar-refractivity contribution in [3.63, 3.8) is 0 Å². The molecule has 1 saturated heterocycles. The Hall–Kier alpha value is -9.08. The summed E-state index contributed by atoms with van der Waals surface area (Å²) in [5.41, 5.74) is 2.90. The maximum absolute atomic E-state index is 15.8. The van der Waals surface area contributed by atoms with Gasteiger partial charge in [-0.3, -0.25) is 33.6 Å². The van der Waals surface area contributed by atoms with Crippen LogP contribution in [0.3, 0.4) is 0 Å². The molecular formula is C59H62Cl2N8O22. The molecule has 19 N–H and O–H groups in total. The van der Waals surface area contributed by atoms with Crippen LogP contribution in [-0.2, 0) is 43.1 Å². The Morgan fingerprint density at radius 3 is 1.84 bits per heavy atom. The zero-order chi connectivity index (χ0) is 66.2. The number of nitrogens with two attached hydrogens (primary N) is 1. The van der Waals surface area contributed by atoms with Crippen LogP contribution in [-0.4, -0.2) is 167 Å². The van der Waals surface area contributed by atoms with Crippen molar-refractivity contribution in [2.45, 2.75) is 112 Å². The summed E-state index contributed by atoms with van der Waals surface area (Å²) < 4.78 is 24.8. The Kier molecular flexibility index (Phi) is 19.8. The summed E-state index contributed by atoms with van der Waals surface area (Å²) in [6, 6.07) is -0.613. The van der Waals surface area contributed by atoms with Crippen LogP contribution in [0.5, 0.6) is 46.0 Å². The standard InChI is InChI=1S/C59H62Cl2N8O22/c1-20(2)10-30(63-3)52(80)68-44-46(75)22-5-8-34(28(60)12-22)88-36-14-24-15-37(51(36)91-59-50(79)49(78)48(77)38(19-70)90-59)89-35-9-6-23(13-29(35)61)47(76)45-57(85)67-43(58(86)87)27-16-25(71)17-33(73)40(27)26-11-21(4-7-32(26)72)41(54(82)69-45)66-55(83)42(24)65-53(81)31(18-39(62)74)64-56(44)84/h4-9,11-17,20,30-31,38,41-50,59,63,70-73,75-79H,10,18-19H2,1-3H3,(H2,62,74)(H,64,84)(H,65,81)(H,66,83)(H,67,85)(H,68,80)(H,69,82)(H,86,87)/t30-,31+,38-,41-,42-,43-,44-,45?,46-,47-,48-,49+,50-,59+/m1/s1. The van der Waals surface area contributed by atoms with Crippen LogP contribution in [0.25, 0.3) is 11.1 Å². The molecule has 484 valence electrons. The fraction of sp³-hybridized carbons (Fsp3) is 0.356. The Balaban J connectivity index is 1.32. The van der Waals surface area contributed by atoms with E-state index in [4.69, 9.17) is 47.9 Å². The van der Waals surface area contributed by atoms with Gasteiger partial charge in [-0.05, 0) is 96.2 Å². The van der Waals surface area contributed by atoms with Gasteiger partial charge in [0.15, 0.2) is 17.5 Å². The summed E-state index contributed by atoms with van der Waals surface area (Å²) in [6.07, 6.45) is -14.9. The Morgan fingerprint density at radius 1 is 0.659 bits per heavy atom. The highest BCUT2D eigenvalue weighted by molar-refractivity contribution is 6.32. The van der Waals surface area contributed by atoms with Gasteiger partial charge in [0.05, 0.1) is 29.1 Å². The van der Waals surface area contributed by atoms with Crippen molar-refractivity contribution in [2.75, 3.05) is 13.7 Å². The molecule has 32 heteroatoms. The highest BCUT2D eigenvalue weighted by Crippen LogP contribution is 2.49. The van der Waals surface area contributed by atoms with Gasteiger partial charge in [0.1, 0.15) is 95.6 Å². The summed E-state index contributed by atoms with van der Waals surface area (Å²) >= 11 is 13.8. The number of phenols is 3. The molecular weight excluding hydrogens is 1240 g/mol. The average molecular weight is 1310 g/mol. The van der Waals surface area contributed by atoms with Crippen molar-refractivity contribution in [3.05, 3.63) is 117 Å². The van der Waals surface area contributed by atoms with Crippen LogP contribution >= 0.6 is 23.2 Å². The molecule has 0 saturated carbocycles. The van der Waals surface area contributed by atoms with Gasteiger partial charge in [0, 0.05) is 22.8 Å². The molecule has 6 heterocycles. The van der Waals surface area contributed by atoms with E-state index in [0.717, 1.165) is 66.7 Å². The highest BCUT2D eigenvalue weighted by Gasteiger charge is 2.47. The first-order chi connectivity index (χ1) is 43.1. The molecule has 0 aliphatic carbocycles. The number of aliphatic hydroxyl groups excluding tert-OH is 6. The second kappa shape index (κ2) is 27.2. The Morgan fingerprint density at radius 2 is 1.25 bits per heavy atom. The number of carboxylic acid groups (broad SMARTS) is 1. The lowest BCUT2D eigenvalue weighted by Crippen LogP contribution is -2.60. The first-order valence-corrected chi connectivity index (χ1v) is 28.7. The van der Waals surface area contributed by atoms with Crippen LogP contribution in [0.1, 0.15) is 84.8 Å². The largest absolute Gasteiger partial charge is 0.508 e. The third-order valence-electron chi connectivity index (χ3n) is 15.4. The maximum atomic E-state index is 15.8. The molecule has 11 rings (SSSR count). The zero-order valence-electron chi connectivity index (χ0n) is 48.0. The maximum Gasteiger partial charge on any atom is 0.330 e. The number of nitrogens with one attached hydrogen (secondary N) is 7. The van der Waals surface area contributed by atoms with Crippen molar-refractivity contribution < 1.29 is 108 Å². The van der Waals surface area contributed by atoms with Crippen LogP contribution in [0.15, 0.2) is 78.9 Å². The Bertz CT molecular complexity index is 3730. The molecule has 6 aliphatic heterocycles. The molecule has 5 aromatic carbocycles. The van der Waals surface area contributed by atoms with Gasteiger partial charge in [0.2, 0.25) is 53.4 Å². The molecule has 0 aromatic heterocycles. The topological polar surface area (TPSA) is 486 Å². The zero-order valence-corrected chi connectivity index (χ0v) is 49.5. The summed E-state index contributed by atoms with van der Waals surface area (Å²) in [5, 5.41) is 128. The molecule has 5 aromatic rings. The summed E-state index contributed by atoms with van der Waals surface area (Å²) in [5.74, 6) is -15.8. The minimum Gasteiger partial charge on any atom is -0.508 e. The number of carboxylic acids is 1. The fourth-order valence-corrected chi connectivity index (χ4v) is 11.2. The molecule has 30 nitrogen and oxygen atoms in total. The van der Waals surface area contributed by atoms with Gasteiger partial charge in [-0.1, -0.05) is 55.2 Å². The number of aliphatic hydroxyl groups is 6. The van der Waals surface area contributed by atoms with E-state index in [9.17, 15) is 75.0 Å². The predicted octanol–water partition coefficient (Wildman–Crippen LogP) is -0.131. The van der Waals surface area contributed by atoms with Gasteiger partial charge < -0.3 is 113 Å². The molecule has 1 fully saturated rings. The number of halogens is 2. The number of hydrogen-bond acceptors (Lipinski definition) is 22. The van der Waals surface area contributed by atoms with Gasteiger partial charge in [-0.15, -0.1) is 0 Å². The van der Waals surface area contributed by atoms with Gasteiger partial charge in [-0.25, -0.2) is 4.79 Å². The van der Waals surface area contributed by atoms with Gasteiger partial charge in [0.25, 0.3) is 0 Å². The first-order valence-electron chi connectivity index (χ1n) is 27.9. The average Bonchev–Trinajstić information content (AvgIpc) is 0.790. The monoisotopic (exact) mass is 1300 g/mol.